The fourth-order valence-electron chi connectivity index (χ4n) is 10.9. The van der Waals surface area contributed by atoms with E-state index in [0.717, 1.165) is 17.5 Å². The van der Waals surface area contributed by atoms with Crippen molar-refractivity contribution in [2.45, 2.75) is 205 Å². The van der Waals surface area contributed by atoms with E-state index in [1.807, 2.05) is 63.0 Å². The summed E-state index contributed by atoms with van der Waals surface area (Å²) in [6, 6.07) is 6.16. The molecule has 0 saturated carbocycles. The number of carbonyl (C=O) groups is 1. The van der Waals surface area contributed by atoms with Crippen molar-refractivity contribution in [3.8, 4) is 0 Å². The Morgan fingerprint density at radius 2 is 1.62 bits per heavy atom. The van der Waals surface area contributed by atoms with E-state index < -0.39 is 112 Å². The first-order chi connectivity index (χ1) is 33.0. The summed E-state index contributed by atoms with van der Waals surface area (Å²) in [5.41, 5.74) is -2.29. The second-order valence-electron chi connectivity index (χ2n) is 21.7. The number of ether oxygens (including phenoxy) is 6. The maximum atomic E-state index is 14.5. The number of likely N-dealkylation sites (N-methyl/N-ethyl adjacent to an activating group) is 2. The first-order valence-electron chi connectivity index (χ1n) is 25.2. The van der Waals surface area contributed by atoms with Crippen LogP contribution in [0.1, 0.15) is 106 Å². The molecule has 4 heterocycles. The number of hydrogen-bond donors (Lipinski definition) is 6. The van der Waals surface area contributed by atoms with Crippen molar-refractivity contribution in [3.05, 3.63) is 41.7 Å². The van der Waals surface area contributed by atoms with Crippen LogP contribution in [0.25, 0.3) is 0 Å². The van der Waals surface area contributed by atoms with Gasteiger partial charge in [0.05, 0.1) is 53.5 Å². The summed E-state index contributed by atoms with van der Waals surface area (Å²) < 4.78 is 65.6. The highest BCUT2D eigenvalue weighted by molar-refractivity contribution is 7.92. The lowest BCUT2D eigenvalue weighted by atomic mass is 9.77. The Hall–Kier alpha value is -2.90. The molecule has 3 aliphatic rings. The molecule has 0 aliphatic carbocycles. The molecular weight excluding hydrogens is 941 g/mol. The molecule has 3 saturated heterocycles. The van der Waals surface area contributed by atoms with Gasteiger partial charge in [0.25, 0.3) is 0 Å². The highest BCUT2D eigenvalue weighted by Crippen LogP contribution is 2.40. The van der Waals surface area contributed by atoms with Crippen molar-refractivity contribution in [2.75, 3.05) is 45.3 Å². The summed E-state index contributed by atoms with van der Waals surface area (Å²) in [5.74, 6) is -2.81. The van der Waals surface area contributed by atoms with Crippen LogP contribution in [-0.2, 0) is 62.6 Å². The van der Waals surface area contributed by atoms with E-state index in [2.05, 4.69) is 15.0 Å². The Labute approximate surface area is 421 Å². The zero-order valence-electron chi connectivity index (χ0n) is 44.5. The lowest BCUT2D eigenvalue weighted by Gasteiger charge is -2.49. The van der Waals surface area contributed by atoms with Gasteiger partial charge in [0.2, 0.25) is 10.0 Å². The van der Waals surface area contributed by atoms with Gasteiger partial charge < -0.3 is 63.8 Å². The van der Waals surface area contributed by atoms with Gasteiger partial charge in [0.15, 0.2) is 12.6 Å². The molecule has 5 rings (SSSR count). The molecule has 20 nitrogen and oxygen atoms in total. The molecule has 1 aromatic carbocycles. The molecule has 0 radical (unpaired) electrons. The maximum Gasteiger partial charge on any atom is 0.311 e. The van der Waals surface area contributed by atoms with Crippen LogP contribution in [-0.4, -0.2) is 196 Å². The van der Waals surface area contributed by atoms with E-state index in [0.29, 0.717) is 44.6 Å². The molecule has 18 atom stereocenters. The Kier molecular flexibility index (Phi) is 20.1. The second-order valence-corrected chi connectivity index (χ2v) is 23.5. The molecule has 0 spiro atoms. The van der Waals surface area contributed by atoms with Gasteiger partial charge >= 0.3 is 5.97 Å². The minimum atomic E-state index is -3.37. The highest BCUT2D eigenvalue weighted by atomic mass is 32.2. The predicted octanol–water partition coefficient (Wildman–Crippen LogP) is 2.72. The van der Waals surface area contributed by atoms with Crippen molar-refractivity contribution in [1.82, 2.24) is 24.8 Å². The van der Waals surface area contributed by atoms with Gasteiger partial charge in [0.1, 0.15) is 30.0 Å². The second kappa shape index (κ2) is 24.2. The van der Waals surface area contributed by atoms with Crippen molar-refractivity contribution in [3.63, 3.8) is 0 Å². The number of anilines is 1. The third-order valence-electron chi connectivity index (χ3n) is 15.3. The van der Waals surface area contributed by atoms with E-state index in [1.165, 1.54) is 14.0 Å². The topological polar surface area (TPSA) is 257 Å². The Morgan fingerprint density at radius 3 is 2.24 bits per heavy atom. The first kappa shape index (κ1) is 59.0. The van der Waals surface area contributed by atoms with Crippen LogP contribution in [0.5, 0.6) is 0 Å². The van der Waals surface area contributed by atoms with Crippen LogP contribution in [0.2, 0.25) is 0 Å². The van der Waals surface area contributed by atoms with E-state index >= 15 is 0 Å². The smallest absolute Gasteiger partial charge is 0.311 e. The van der Waals surface area contributed by atoms with Crippen molar-refractivity contribution in [2.24, 2.45) is 17.8 Å². The Balaban J connectivity index is 1.40. The molecule has 3 fully saturated rings. The minimum Gasteiger partial charge on any atom is -0.459 e. The Bertz CT molecular complexity index is 2110. The van der Waals surface area contributed by atoms with Gasteiger partial charge in [0, 0.05) is 69.5 Å². The van der Waals surface area contributed by atoms with E-state index in [9.17, 15) is 38.7 Å². The lowest BCUT2D eigenvalue weighted by Crippen LogP contribution is -2.61. The molecule has 0 unspecified atom stereocenters. The molecule has 0 amide bonds. The SMILES string of the molecule is CC[C@H]1OC(=O)[C@H](C)[C@@H](O[C@H]2C[C@@](C)(OC)[C@@H](O)[C@H](C)O2)[C@H](C)[C@@H](O[C@@H]2O[C@H](C)C[C@H](N(C)CCc3cn(CCc4ccc(NS(C)(=O)=O)cc4)nn3)[C@H]2O)[C@](C)(O)C[C@@H](C)CN(C)[C@H](C)[C@@H](O)[C@]1(C)O. The number of esters is 1. The maximum absolute atomic E-state index is 14.5. The number of rotatable bonds is 15. The van der Waals surface area contributed by atoms with Crippen molar-refractivity contribution >= 4 is 21.7 Å². The molecule has 2 aromatic rings. The van der Waals surface area contributed by atoms with Gasteiger partial charge in [-0.1, -0.05) is 38.1 Å². The van der Waals surface area contributed by atoms with Crippen molar-refractivity contribution < 1.29 is 67.2 Å². The van der Waals surface area contributed by atoms with E-state index in [-0.39, 0.29) is 31.3 Å². The number of aliphatic hydroxyl groups is 5. The summed E-state index contributed by atoms with van der Waals surface area (Å²) >= 11 is 0. The predicted molar refractivity (Wildman–Crippen MR) is 265 cm³/mol. The number of cyclic esters (lactones) is 1. The number of benzene rings is 1. The van der Waals surface area contributed by atoms with Gasteiger partial charge in [-0.25, -0.2) is 8.42 Å². The third kappa shape index (κ3) is 14.9. The normalized spacial score (nSPS) is 39.7. The summed E-state index contributed by atoms with van der Waals surface area (Å²) in [6.45, 7) is 19.0. The molecule has 71 heavy (non-hydrogen) atoms. The number of nitrogens with zero attached hydrogens (tertiary/aromatic N) is 5. The van der Waals surface area contributed by atoms with E-state index in [4.69, 9.17) is 28.4 Å². The molecule has 21 heteroatoms. The number of nitrogens with one attached hydrogen (secondary N) is 1. The molecule has 0 bridgehead atoms. The quantitative estimate of drug-likeness (QED) is 0.140. The standard InChI is InChI=1S/C50H86N6O14S/c1-15-39-50(10,62)43(58)33(6)55(12)27-29(2)25-48(8,61)45(31(4)42(32(5)46(60)68-39)69-40-26-49(9,65-13)44(59)34(7)67-40)70-47-41(57)38(24-30(3)66-47)54(11)22-21-37-28-56(53-51-37)23-20-35-16-18-36(19-17-35)52-71(14,63)64/h16-19,28-34,38-45,47,52,57-59,61-62H,15,20-27H2,1-14H3/t29-,30-,31+,32-,33-,34+,38+,39-,40+,41-,42+,43-,44+,45-,47+,48-,49-,50-/m1/s1. The molecule has 1 aromatic heterocycles. The first-order valence-corrected chi connectivity index (χ1v) is 27.1. The van der Waals surface area contributed by atoms with Crippen LogP contribution in [0.4, 0.5) is 5.69 Å². The number of hydrogen-bond acceptors (Lipinski definition) is 18. The number of aromatic nitrogens is 3. The average molecular weight is 1030 g/mol. The minimum absolute atomic E-state index is 0.0941. The average Bonchev–Trinajstić information content (AvgIpc) is 3.76. The number of aryl methyl sites for hydroxylation is 2. The number of aliphatic hydroxyl groups excluding tert-OH is 3. The van der Waals surface area contributed by atoms with Gasteiger partial charge in [-0.3, -0.25) is 14.2 Å². The molecule has 406 valence electrons. The lowest BCUT2D eigenvalue weighted by molar-refractivity contribution is -0.318. The summed E-state index contributed by atoms with van der Waals surface area (Å²) in [6.07, 6.45) is -4.98. The largest absolute Gasteiger partial charge is 0.459 e. The zero-order valence-corrected chi connectivity index (χ0v) is 45.3. The fraction of sp³-hybridized carbons (Fsp3) is 0.820. The summed E-state index contributed by atoms with van der Waals surface area (Å²) in [4.78, 5) is 18.4. The van der Waals surface area contributed by atoms with Gasteiger partial charge in [-0.2, -0.15) is 0 Å². The number of sulfonamides is 1. The summed E-state index contributed by atoms with van der Waals surface area (Å²) in [5, 5.41) is 68.3. The molecule has 6 N–H and O–H groups in total. The molecular formula is C50H86N6O14S. The van der Waals surface area contributed by atoms with Crippen LogP contribution >= 0.6 is 0 Å². The third-order valence-corrected chi connectivity index (χ3v) is 15.9. The summed E-state index contributed by atoms with van der Waals surface area (Å²) in [7, 11) is 1.88. The van der Waals surface area contributed by atoms with Crippen molar-refractivity contribution in [1.29, 1.82) is 0 Å². The van der Waals surface area contributed by atoms with Gasteiger partial charge in [-0.15, -0.1) is 5.10 Å². The fourth-order valence-corrected chi connectivity index (χ4v) is 11.4. The number of methoxy groups -OCH3 is 1. The van der Waals surface area contributed by atoms with E-state index in [1.54, 1.807) is 58.4 Å². The monoisotopic (exact) mass is 1030 g/mol. The molecule has 3 aliphatic heterocycles. The highest BCUT2D eigenvalue weighted by Gasteiger charge is 2.53. The Morgan fingerprint density at radius 1 is 0.958 bits per heavy atom. The number of carbonyl (C=O) groups excluding carboxylic acids is 1. The van der Waals surface area contributed by atoms with Crippen LogP contribution in [0.15, 0.2) is 30.5 Å². The zero-order chi connectivity index (χ0) is 53.0. The van der Waals surface area contributed by atoms with Crippen LogP contribution in [0, 0.1) is 17.8 Å². The van der Waals surface area contributed by atoms with Gasteiger partial charge in [-0.05, 0) is 112 Å². The van der Waals surface area contributed by atoms with Crippen LogP contribution in [0.3, 0.4) is 0 Å². The van der Waals surface area contributed by atoms with Crippen LogP contribution < -0.4 is 4.72 Å².